The lowest BCUT2D eigenvalue weighted by Gasteiger charge is -2.14. The minimum absolute atomic E-state index is 0.0204. The van der Waals surface area contributed by atoms with Gasteiger partial charge < -0.3 is 10.4 Å². The molecule has 2 N–H and O–H groups in total. The van der Waals surface area contributed by atoms with Crippen molar-refractivity contribution in [3.63, 3.8) is 0 Å². The molecule has 13 heteroatoms. The van der Waals surface area contributed by atoms with Crippen LogP contribution in [0.1, 0.15) is 27.2 Å². The van der Waals surface area contributed by atoms with Gasteiger partial charge in [0.1, 0.15) is 10.1 Å². The van der Waals surface area contributed by atoms with Gasteiger partial charge in [0.15, 0.2) is 0 Å². The number of rotatable bonds is 7. The molecule has 0 spiro atoms. The standard InChI is InChI=1S/C25H16F4N2O4S3/c26-19-6-3-14(10-18(19)25(27,28)29)15-9-17(37-12-15)11-20-22(33)31(24(36)38-20)8-7-21(32)30-16-4-1-13(2-5-16)23(34)35/h1-6,9-12H,7-8H2,(H,30,32)(H,34,35). The highest BCUT2D eigenvalue weighted by Crippen LogP contribution is 2.37. The predicted molar refractivity (Wildman–Crippen MR) is 141 cm³/mol. The van der Waals surface area contributed by atoms with E-state index in [0.29, 0.717) is 21.0 Å². The summed E-state index contributed by atoms with van der Waals surface area (Å²) in [7, 11) is 0. The second-order valence-corrected chi connectivity index (χ2v) is 10.6. The van der Waals surface area contributed by atoms with Crippen LogP contribution >= 0.6 is 35.3 Å². The minimum Gasteiger partial charge on any atom is -0.478 e. The van der Waals surface area contributed by atoms with Crippen LogP contribution in [-0.2, 0) is 15.8 Å². The Morgan fingerprint density at radius 3 is 2.45 bits per heavy atom. The van der Waals surface area contributed by atoms with Crippen molar-refractivity contribution in [1.82, 2.24) is 4.90 Å². The number of thiophene rings is 1. The van der Waals surface area contributed by atoms with Crippen LogP contribution in [-0.4, -0.2) is 38.7 Å². The molecule has 3 aromatic rings. The molecule has 2 aromatic carbocycles. The van der Waals surface area contributed by atoms with Gasteiger partial charge in [-0.05, 0) is 65.0 Å². The number of aromatic carboxylic acids is 1. The molecule has 0 radical (unpaired) electrons. The maximum atomic E-state index is 13.6. The van der Waals surface area contributed by atoms with E-state index in [9.17, 15) is 31.9 Å². The second kappa shape index (κ2) is 11.1. The number of carbonyl (C=O) groups is 3. The zero-order valence-electron chi connectivity index (χ0n) is 19.0. The fourth-order valence-corrected chi connectivity index (χ4v) is 5.68. The number of thioether (sulfide) groups is 1. The molecule has 0 saturated carbocycles. The van der Waals surface area contributed by atoms with Gasteiger partial charge >= 0.3 is 12.1 Å². The van der Waals surface area contributed by atoms with E-state index in [2.05, 4.69) is 5.32 Å². The third kappa shape index (κ3) is 6.29. The highest BCUT2D eigenvalue weighted by Gasteiger charge is 2.34. The van der Waals surface area contributed by atoms with Crippen molar-refractivity contribution in [3.05, 3.63) is 80.6 Å². The fourth-order valence-electron chi connectivity index (χ4n) is 3.46. The van der Waals surface area contributed by atoms with E-state index in [1.54, 1.807) is 17.5 Å². The number of nitrogens with zero attached hydrogens (tertiary/aromatic N) is 1. The van der Waals surface area contributed by atoms with Gasteiger partial charge in [0.05, 0.1) is 16.0 Å². The van der Waals surface area contributed by atoms with Crippen molar-refractivity contribution in [2.24, 2.45) is 0 Å². The third-order valence-corrected chi connectivity index (χ3v) is 7.61. The number of nitrogens with one attached hydrogen (secondary N) is 1. The molecule has 1 aliphatic rings. The topological polar surface area (TPSA) is 86.7 Å². The number of carbonyl (C=O) groups excluding carboxylic acids is 2. The van der Waals surface area contributed by atoms with Crippen LogP contribution in [0.15, 0.2) is 58.8 Å². The Balaban J connectivity index is 1.40. The summed E-state index contributed by atoms with van der Waals surface area (Å²) in [6, 6.07) is 9.96. The molecule has 1 saturated heterocycles. The zero-order valence-corrected chi connectivity index (χ0v) is 21.5. The third-order valence-electron chi connectivity index (χ3n) is 5.35. The Morgan fingerprint density at radius 2 is 1.79 bits per heavy atom. The maximum Gasteiger partial charge on any atom is 0.419 e. The number of thiocarbonyl (C=S) groups is 1. The summed E-state index contributed by atoms with van der Waals surface area (Å²) in [6.07, 6.45) is -3.32. The van der Waals surface area contributed by atoms with E-state index in [0.717, 1.165) is 23.9 Å². The van der Waals surface area contributed by atoms with Crippen LogP contribution in [0, 0.1) is 5.82 Å². The number of amides is 2. The largest absolute Gasteiger partial charge is 0.478 e. The van der Waals surface area contributed by atoms with Crippen molar-refractivity contribution in [1.29, 1.82) is 0 Å². The smallest absolute Gasteiger partial charge is 0.419 e. The van der Waals surface area contributed by atoms with E-state index in [4.69, 9.17) is 17.3 Å². The van der Waals surface area contributed by atoms with E-state index in [1.807, 2.05) is 0 Å². The van der Waals surface area contributed by atoms with Crippen molar-refractivity contribution in [2.45, 2.75) is 12.6 Å². The van der Waals surface area contributed by atoms with Crippen molar-refractivity contribution >= 4 is 69.2 Å². The van der Waals surface area contributed by atoms with Crippen LogP contribution in [0.25, 0.3) is 17.2 Å². The Morgan fingerprint density at radius 1 is 1.08 bits per heavy atom. The number of carboxylic acids is 1. The average molecular weight is 581 g/mol. The lowest BCUT2D eigenvalue weighted by atomic mass is 10.0. The first-order chi connectivity index (χ1) is 17.9. The molecule has 1 aromatic heterocycles. The van der Waals surface area contributed by atoms with Crippen LogP contribution < -0.4 is 5.32 Å². The summed E-state index contributed by atoms with van der Waals surface area (Å²) in [5, 5.41) is 13.2. The number of anilines is 1. The van der Waals surface area contributed by atoms with Gasteiger partial charge in [-0.1, -0.05) is 30.0 Å². The van der Waals surface area contributed by atoms with Gasteiger partial charge in [-0.25, -0.2) is 9.18 Å². The van der Waals surface area contributed by atoms with Gasteiger partial charge in [-0.2, -0.15) is 13.2 Å². The van der Waals surface area contributed by atoms with Crippen molar-refractivity contribution in [2.75, 3.05) is 11.9 Å². The minimum atomic E-state index is -4.82. The monoisotopic (exact) mass is 580 g/mol. The number of hydrogen-bond acceptors (Lipinski definition) is 6. The summed E-state index contributed by atoms with van der Waals surface area (Å²) in [6.45, 7) is 0.0204. The number of halogens is 4. The van der Waals surface area contributed by atoms with E-state index < -0.39 is 35.3 Å². The van der Waals surface area contributed by atoms with Crippen LogP contribution in [0.5, 0.6) is 0 Å². The molecule has 0 unspecified atom stereocenters. The lowest BCUT2D eigenvalue weighted by Crippen LogP contribution is -2.31. The quantitative estimate of drug-likeness (QED) is 0.189. The number of carboxylic acid groups (broad SMARTS) is 1. The molecular formula is C25H16F4N2O4S3. The summed E-state index contributed by atoms with van der Waals surface area (Å²) in [5.74, 6) is -3.25. The normalized spacial score (nSPS) is 14.8. The van der Waals surface area contributed by atoms with Gasteiger partial charge in [0.25, 0.3) is 5.91 Å². The van der Waals surface area contributed by atoms with Gasteiger partial charge in [0.2, 0.25) is 5.91 Å². The van der Waals surface area contributed by atoms with E-state index in [1.165, 1.54) is 46.6 Å². The Bertz CT molecular complexity index is 1470. The first-order valence-corrected chi connectivity index (χ1v) is 12.9. The molecule has 2 heterocycles. The molecule has 6 nitrogen and oxygen atoms in total. The van der Waals surface area contributed by atoms with Crippen molar-refractivity contribution in [3.8, 4) is 11.1 Å². The number of alkyl halides is 3. The second-order valence-electron chi connectivity index (χ2n) is 7.94. The highest BCUT2D eigenvalue weighted by molar-refractivity contribution is 8.26. The Hall–Kier alpha value is -3.55. The van der Waals surface area contributed by atoms with Crippen LogP contribution in [0.2, 0.25) is 0 Å². The molecular weight excluding hydrogens is 564 g/mol. The number of benzene rings is 2. The van der Waals surface area contributed by atoms with Gasteiger partial charge in [0, 0.05) is 23.5 Å². The molecule has 1 fully saturated rings. The van der Waals surface area contributed by atoms with Gasteiger partial charge in [-0.15, -0.1) is 11.3 Å². The summed E-state index contributed by atoms with van der Waals surface area (Å²) >= 11 is 7.51. The Kier molecular flexibility index (Phi) is 7.99. The predicted octanol–water partition coefficient (Wildman–Crippen LogP) is 6.50. The van der Waals surface area contributed by atoms with Crippen LogP contribution in [0.4, 0.5) is 23.2 Å². The molecule has 2 amide bonds. The molecule has 1 aliphatic heterocycles. The fraction of sp³-hybridized carbons (Fsp3) is 0.120. The van der Waals surface area contributed by atoms with Gasteiger partial charge in [-0.3, -0.25) is 14.5 Å². The van der Waals surface area contributed by atoms with Crippen LogP contribution in [0.3, 0.4) is 0 Å². The molecule has 0 aliphatic carbocycles. The lowest BCUT2D eigenvalue weighted by molar-refractivity contribution is -0.140. The first kappa shape index (κ1) is 27.5. The number of hydrogen-bond donors (Lipinski definition) is 2. The van der Waals surface area contributed by atoms with E-state index in [-0.39, 0.29) is 28.4 Å². The summed E-state index contributed by atoms with van der Waals surface area (Å²) in [4.78, 5) is 38.2. The molecule has 38 heavy (non-hydrogen) atoms. The molecule has 196 valence electrons. The summed E-state index contributed by atoms with van der Waals surface area (Å²) < 4.78 is 53.0. The molecule has 4 rings (SSSR count). The maximum absolute atomic E-state index is 13.6. The first-order valence-electron chi connectivity index (χ1n) is 10.8. The van der Waals surface area contributed by atoms with Crippen molar-refractivity contribution < 1.29 is 37.1 Å². The highest BCUT2D eigenvalue weighted by atomic mass is 32.2. The molecule has 0 bridgehead atoms. The Labute approximate surface area is 227 Å². The zero-order chi connectivity index (χ0) is 27.6. The van der Waals surface area contributed by atoms with E-state index >= 15 is 0 Å². The molecule has 0 atom stereocenters. The average Bonchev–Trinajstić information content (AvgIpc) is 3.42. The summed E-state index contributed by atoms with van der Waals surface area (Å²) in [5.41, 5.74) is -0.248. The SMILES string of the molecule is O=C(CCN1C(=O)C(=Cc2cc(-c3ccc(F)c(C(F)(F)F)c3)cs2)SC1=S)Nc1ccc(C(=O)O)cc1.